The van der Waals surface area contributed by atoms with Gasteiger partial charge in [-0.1, -0.05) is 0 Å². The third kappa shape index (κ3) is 8.29. The van der Waals surface area contributed by atoms with Crippen molar-refractivity contribution < 1.29 is 69.5 Å². The molecule has 2 saturated carbocycles. The van der Waals surface area contributed by atoms with E-state index in [0.29, 0.717) is 0 Å². The number of rotatable bonds is 2. The number of aliphatic hydroxyl groups excluding tert-OH is 1. The topological polar surface area (TPSA) is 131 Å². The maximum Gasteiger partial charge on any atom is 1.00 e. The van der Waals surface area contributed by atoms with Crippen molar-refractivity contribution in [1.82, 2.24) is 9.80 Å². The molecule has 0 bridgehead atoms. The third-order valence-electron chi connectivity index (χ3n) is 5.90. The number of hydrogen-bond acceptors (Lipinski definition) is 8. The minimum atomic E-state index is -0.734. The molecule has 0 spiro atoms. The number of nitrogens with zero attached hydrogens (tertiary/aromatic N) is 2. The van der Waals surface area contributed by atoms with Gasteiger partial charge in [0.05, 0.1) is 25.0 Å². The van der Waals surface area contributed by atoms with Crippen LogP contribution in [-0.4, -0.2) is 82.5 Å². The molecule has 0 aromatic carbocycles. The van der Waals surface area contributed by atoms with Crippen LogP contribution in [0.4, 0.5) is 9.59 Å². The number of carbonyl (C=O) groups is 5. The van der Waals surface area contributed by atoms with Crippen LogP contribution >= 0.6 is 0 Å². The summed E-state index contributed by atoms with van der Waals surface area (Å²) in [6.45, 7) is 10.5. The van der Waals surface area contributed by atoms with Crippen LogP contribution in [0.25, 0.3) is 0 Å². The molecule has 0 unspecified atom stereocenters. The molecular weight excluding hydrogens is 478 g/mol. The van der Waals surface area contributed by atoms with E-state index in [1.807, 2.05) is 0 Å². The van der Waals surface area contributed by atoms with Gasteiger partial charge < -0.3 is 16.0 Å². The third-order valence-corrected chi connectivity index (χ3v) is 5.90. The Morgan fingerprint density at radius 2 is 1.28 bits per heavy atom. The van der Waals surface area contributed by atoms with Gasteiger partial charge in [0.1, 0.15) is 17.2 Å². The Labute approximate surface area is 238 Å². The molecule has 0 aromatic rings. The van der Waals surface area contributed by atoms with Crippen molar-refractivity contribution in [2.75, 3.05) is 0 Å². The van der Waals surface area contributed by atoms with Crippen LogP contribution < -0.4 is 29.6 Å². The second-order valence-corrected chi connectivity index (χ2v) is 11.5. The summed E-state index contributed by atoms with van der Waals surface area (Å²) in [6.07, 6.45) is 1.55. The molecule has 1 N–H and O–H groups in total. The summed E-state index contributed by atoms with van der Waals surface area (Å²) in [4.78, 5) is 61.0. The monoisotopic (exact) mass is 515 g/mol. The van der Waals surface area contributed by atoms with Crippen molar-refractivity contribution in [2.24, 2.45) is 11.8 Å². The zero-order chi connectivity index (χ0) is 25.6. The predicted molar refractivity (Wildman–Crippen MR) is 126 cm³/mol. The van der Waals surface area contributed by atoms with Crippen LogP contribution in [0.1, 0.15) is 81.5 Å². The summed E-state index contributed by atoms with van der Waals surface area (Å²) >= 11 is 0. The Morgan fingerprint density at radius 3 is 1.69 bits per heavy atom. The quantitative estimate of drug-likeness (QED) is 0.386. The van der Waals surface area contributed by atoms with Gasteiger partial charge in [-0.25, -0.2) is 19.4 Å². The molecule has 4 fully saturated rings. The van der Waals surface area contributed by atoms with Gasteiger partial charge in [-0.05, 0) is 79.1 Å². The minimum absolute atomic E-state index is 0. The maximum atomic E-state index is 11.9. The maximum absolute atomic E-state index is 11.9. The van der Waals surface area contributed by atoms with Gasteiger partial charge >= 0.3 is 41.7 Å². The van der Waals surface area contributed by atoms with E-state index < -0.39 is 41.4 Å². The number of amides is 4. The molecule has 12 heteroatoms. The van der Waals surface area contributed by atoms with Crippen LogP contribution in [-0.2, 0) is 23.9 Å². The van der Waals surface area contributed by atoms with Crippen LogP contribution in [0.3, 0.4) is 0 Å². The molecule has 3 atom stereocenters. The number of ketones is 1. The first kappa shape index (κ1) is 32.6. The first-order chi connectivity index (χ1) is 15.6. The fourth-order valence-electron chi connectivity index (χ4n) is 4.28. The standard InChI is InChI=1S/C12H19NO4.C12H17NO4.B.Na.H/c2*1-12(2,3)17-11(16)13-9(15)6-8(14)10(13)7-4-5-7;;;/h7-8,10,14H,4-6H2,1-3H3;7,10H,4-6H2,1-3H3;;;/q;;;+1;-1/t8-,10+;10-;;;/m10.../s1. The van der Waals surface area contributed by atoms with Gasteiger partial charge in [-0.15, -0.1) is 0 Å². The van der Waals surface area contributed by atoms with E-state index in [1.54, 1.807) is 41.5 Å². The molecule has 0 aromatic heterocycles. The number of carbonyl (C=O) groups excluding carboxylic acids is 5. The molecule has 195 valence electrons. The average Bonchev–Trinajstić information content (AvgIpc) is 3.55. The molecule has 4 rings (SSSR count). The first-order valence-electron chi connectivity index (χ1n) is 11.9. The number of hydrogen-bond donors (Lipinski definition) is 1. The van der Waals surface area contributed by atoms with Crippen LogP contribution in [0.2, 0.25) is 0 Å². The summed E-state index contributed by atoms with van der Waals surface area (Å²) in [5.41, 5.74) is -1.28. The summed E-state index contributed by atoms with van der Waals surface area (Å²) in [5.74, 6) is -0.501. The fourth-order valence-corrected chi connectivity index (χ4v) is 4.28. The molecule has 2 heterocycles. The number of ether oxygens (including phenoxy) is 2. The smallest absolute Gasteiger partial charge is 1.00 e. The van der Waals surface area contributed by atoms with Crippen LogP contribution in [0, 0.1) is 11.8 Å². The zero-order valence-electron chi connectivity index (χ0n) is 23.4. The summed E-state index contributed by atoms with van der Waals surface area (Å²) < 4.78 is 10.4. The van der Waals surface area contributed by atoms with Crippen molar-refractivity contribution in [1.29, 1.82) is 0 Å². The number of aliphatic hydroxyl groups is 1. The van der Waals surface area contributed by atoms with Crippen molar-refractivity contribution in [3.63, 3.8) is 0 Å². The van der Waals surface area contributed by atoms with E-state index in [0.717, 1.165) is 35.5 Å². The van der Waals surface area contributed by atoms with Gasteiger partial charge in [0.25, 0.3) is 0 Å². The van der Waals surface area contributed by atoms with Crippen molar-refractivity contribution in [3.05, 3.63) is 0 Å². The van der Waals surface area contributed by atoms with Gasteiger partial charge in [0.2, 0.25) is 11.8 Å². The zero-order valence-corrected chi connectivity index (χ0v) is 24.4. The van der Waals surface area contributed by atoms with E-state index >= 15 is 0 Å². The van der Waals surface area contributed by atoms with Gasteiger partial charge in [0.15, 0.2) is 5.78 Å². The molecular formula is C24H37BN2NaO8. The first-order valence-corrected chi connectivity index (χ1v) is 11.9. The molecule has 2 saturated heterocycles. The SMILES string of the molecule is CC(C)(C)OC(=O)N1C(=O)CC(=O)[C@@H]1C1CC1.CC(C)(C)OC(=O)N1C(=O)C[C@@H](O)[C@@H]1C1CC1.[B].[H-].[Na+]. The van der Waals surface area contributed by atoms with Crippen LogP contribution in [0.15, 0.2) is 0 Å². The summed E-state index contributed by atoms with van der Waals surface area (Å²) in [5, 5.41) is 9.82. The van der Waals surface area contributed by atoms with E-state index in [2.05, 4.69) is 0 Å². The van der Waals surface area contributed by atoms with Gasteiger partial charge in [-0.2, -0.15) is 0 Å². The molecule has 10 nitrogen and oxygen atoms in total. The Bertz CT molecular complexity index is 883. The van der Waals surface area contributed by atoms with E-state index in [9.17, 15) is 29.1 Å². The van der Waals surface area contributed by atoms with E-state index in [1.165, 1.54) is 0 Å². The molecule has 4 amide bonds. The van der Waals surface area contributed by atoms with Crippen molar-refractivity contribution >= 4 is 38.2 Å². The molecule has 2 aliphatic carbocycles. The second kappa shape index (κ2) is 12.0. The van der Waals surface area contributed by atoms with Crippen LogP contribution in [0.5, 0.6) is 0 Å². The van der Waals surface area contributed by atoms with E-state index in [-0.39, 0.29) is 81.8 Å². The van der Waals surface area contributed by atoms with Crippen molar-refractivity contribution in [3.8, 4) is 0 Å². The Hall–Kier alpha value is -1.43. The van der Waals surface area contributed by atoms with Crippen molar-refractivity contribution in [2.45, 2.75) is 109 Å². The summed E-state index contributed by atoms with van der Waals surface area (Å²) in [7, 11) is 0. The Balaban J connectivity index is 0.000000648. The minimum Gasteiger partial charge on any atom is -1.00 e. The number of imide groups is 2. The Kier molecular flexibility index (Phi) is 10.8. The predicted octanol–water partition coefficient (Wildman–Crippen LogP) is -0.469. The molecule has 3 radical (unpaired) electrons. The molecule has 2 aliphatic heterocycles. The van der Waals surface area contributed by atoms with E-state index in [4.69, 9.17) is 9.47 Å². The second-order valence-electron chi connectivity index (χ2n) is 11.5. The Morgan fingerprint density at radius 1 is 0.833 bits per heavy atom. The average molecular weight is 515 g/mol. The normalized spacial score (nSPS) is 26.0. The number of likely N-dealkylation sites (tertiary alicyclic amines) is 2. The van der Waals surface area contributed by atoms with Gasteiger partial charge in [0, 0.05) is 8.41 Å². The fraction of sp³-hybridized carbons (Fsp3) is 0.792. The number of Topliss-reactive ketones (excluding diaryl/α,β-unsaturated/α-hetero) is 1. The largest absolute Gasteiger partial charge is 1.00 e. The van der Waals surface area contributed by atoms with Gasteiger partial charge in [-0.3, -0.25) is 14.4 Å². The molecule has 36 heavy (non-hydrogen) atoms. The summed E-state index contributed by atoms with van der Waals surface area (Å²) in [6, 6.07) is -0.949. The molecule has 4 aliphatic rings.